The van der Waals surface area contributed by atoms with Crippen molar-refractivity contribution in [3.63, 3.8) is 0 Å². The van der Waals surface area contributed by atoms with Crippen LogP contribution in [0.5, 0.6) is 5.75 Å². The van der Waals surface area contributed by atoms with Gasteiger partial charge in [-0.05, 0) is 12.1 Å². The first kappa shape index (κ1) is 10.8. The number of carbonyl (C=O) groups is 1. The van der Waals surface area contributed by atoms with Crippen LogP contribution in [0.4, 0.5) is 5.69 Å². The normalized spacial score (nSPS) is 18.3. The molecule has 2 aromatic rings. The molecule has 0 radical (unpaired) electrons. The number of nitrogens with zero attached hydrogens (tertiary/aromatic N) is 1. The number of aromatic amines is 1. The molecule has 1 unspecified atom stereocenters. The van der Waals surface area contributed by atoms with E-state index in [-0.39, 0.29) is 11.8 Å². The van der Waals surface area contributed by atoms with E-state index in [0.717, 1.165) is 5.69 Å². The van der Waals surface area contributed by atoms with Gasteiger partial charge in [-0.3, -0.25) is 0 Å². The molecule has 6 nitrogen and oxygen atoms in total. The summed E-state index contributed by atoms with van der Waals surface area (Å²) in [6.07, 6.45) is 2.91. The van der Waals surface area contributed by atoms with E-state index in [2.05, 4.69) is 4.98 Å². The highest BCUT2D eigenvalue weighted by atomic mass is 16.5. The smallest absolute Gasteiger partial charge is 0.356 e. The van der Waals surface area contributed by atoms with Crippen LogP contribution in [0, 0.1) is 0 Å². The van der Waals surface area contributed by atoms with Gasteiger partial charge < -0.3 is 24.1 Å². The van der Waals surface area contributed by atoms with Gasteiger partial charge in [0.15, 0.2) is 17.5 Å². The Morgan fingerprint density at radius 2 is 2.44 bits per heavy atom. The molecule has 0 bridgehead atoms. The summed E-state index contributed by atoms with van der Waals surface area (Å²) >= 11 is 0. The monoisotopic (exact) mass is 248 g/mol. The molecule has 0 aliphatic carbocycles. The van der Waals surface area contributed by atoms with Gasteiger partial charge in [-0.25, -0.2) is 4.79 Å². The Morgan fingerprint density at radius 3 is 3.11 bits per heavy atom. The molecule has 0 fully saturated rings. The highest BCUT2D eigenvalue weighted by Gasteiger charge is 2.31. The van der Waals surface area contributed by atoms with Gasteiger partial charge in [-0.2, -0.15) is 0 Å². The number of carboxylic acid groups (broad SMARTS) is 1. The Kier molecular flexibility index (Phi) is 2.29. The van der Waals surface area contributed by atoms with Crippen LogP contribution in [0.1, 0.15) is 22.4 Å². The number of rotatable bonds is 2. The van der Waals surface area contributed by atoms with E-state index in [1.165, 1.54) is 0 Å². The highest BCUT2D eigenvalue weighted by Crippen LogP contribution is 2.39. The Labute approximate surface area is 103 Å². The summed E-state index contributed by atoms with van der Waals surface area (Å²) in [6.45, 7) is 0.609. The number of likely N-dealkylation sites (N-methyl/N-ethyl adjacent to an activating group) is 1. The van der Waals surface area contributed by atoms with Crippen LogP contribution in [0.2, 0.25) is 0 Å². The molecule has 0 aromatic carbocycles. The van der Waals surface area contributed by atoms with Crippen LogP contribution in [0.25, 0.3) is 0 Å². The quantitative estimate of drug-likeness (QED) is 0.848. The van der Waals surface area contributed by atoms with Crippen LogP contribution in [-0.4, -0.2) is 29.7 Å². The lowest BCUT2D eigenvalue weighted by Crippen LogP contribution is -2.31. The molecule has 3 rings (SSSR count). The van der Waals surface area contributed by atoms with E-state index < -0.39 is 5.97 Å². The molecule has 94 valence electrons. The van der Waals surface area contributed by atoms with Crippen molar-refractivity contribution in [1.82, 2.24) is 4.98 Å². The summed E-state index contributed by atoms with van der Waals surface area (Å²) in [5, 5.41) is 9.08. The zero-order valence-corrected chi connectivity index (χ0v) is 9.71. The third kappa shape index (κ3) is 1.54. The van der Waals surface area contributed by atoms with Crippen molar-refractivity contribution < 1.29 is 19.1 Å². The molecule has 1 aliphatic rings. The van der Waals surface area contributed by atoms with E-state index in [9.17, 15) is 4.79 Å². The lowest BCUT2D eigenvalue weighted by Gasteiger charge is -2.30. The largest absolute Gasteiger partial charge is 0.476 e. The number of hydrogen-bond donors (Lipinski definition) is 2. The first-order valence-electron chi connectivity index (χ1n) is 5.52. The van der Waals surface area contributed by atoms with Gasteiger partial charge >= 0.3 is 5.97 Å². The molecule has 1 aliphatic heterocycles. The van der Waals surface area contributed by atoms with Crippen molar-refractivity contribution in [2.75, 3.05) is 18.5 Å². The number of aromatic carboxylic acids is 1. The molecule has 0 amide bonds. The first-order chi connectivity index (χ1) is 8.66. The van der Waals surface area contributed by atoms with Gasteiger partial charge in [-0.15, -0.1) is 0 Å². The van der Waals surface area contributed by atoms with Gasteiger partial charge in [0, 0.05) is 13.2 Å². The van der Waals surface area contributed by atoms with Crippen molar-refractivity contribution >= 4 is 11.7 Å². The molecule has 2 N–H and O–H groups in total. The number of carboxylic acids is 1. The number of furan rings is 1. The summed E-state index contributed by atoms with van der Waals surface area (Å²) in [4.78, 5) is 15.7. The SMILES string of the molecule is CN1CC(c2ccco2)Oc2c1c[nH]c2C(=O)O. The fourth-order valence-electron chi connectivity index (χ4n) is 2.11. The third-order valence-corrected chi connectivity index (χ3v) is 3.00. The van der Waals surface area contributed by atoms with Crippen LogP contribution < -0.4 is 9.64 Å². The topological polar surface area (TPSA) is 78.7 Å². The second-order valence-electron chi connectivity index (χ2n) is 4.19. The van der Waals surface area contributed by atoms with E-state index in [1.807, 2.05) is 18.0 Å². The van der Waals surface area contributed by atoms with Crippen molar-refractivity contribution in [2.24, 2.45) is 0 Å². The van der Waals surface area contributed by atoms with Gasteiger partial charge in [0.05, 0.1) is 18.5 Å². The molecule has 1 atom stereocenters. The zero-order valence-electron chi connectivity index (χ0n) is 9.71. The average molecular weight is 248 g/mol. The summed E-state index contributed by atoms with van der Waals surface area (Å²) < 4.78 is 11.0. The maximum absolute atomic E-state index is 11.1. The lowest BCUT2D eigenvalue weighted by molar-refractivity contribution is 0.0681. The minimum atomic E-state index is -1.04. The summed E-state index contributed by atoms with van der Waals surface area (Å²) in [5.41, 5.74) is 0.809. The highest BCUT2D eigenvalue weighted by molar-refractivity contribution is 5.92. The number of anilines is 1. The minimum Gasteiger partial charge on any atom is -0.476 e. The van der Waals surface area contributed by atoms with E-state index in [0.29, 0.717) is 18.1 Å². The molecular formula is C12H12N2O4. The Morgan fingerprint density at radius 1 is 1.61 bits per heavy atom. The second kappa shape index (κ2) is 3.83. The van der Waals surface area contributed by atoms with Gasteiger partial charge in [0.25, 0.3) is 0 Å². The molecule has 3 heterocycles. The molecule has 6 heteroatoms. The van der Waals surface area contributed by atoms with Gasteiger partial charge in [-0.1, -0.05) is 0 Å². The van der Waals surface area contributed by atoms with Crippen molar-refractivity contribution in [2.45, 2.75) is 6.10 Å². The predicted octanol–water partition coefficient (Wildman–Crippen LogP) is 1.88. The van der Waals surface area contributed by atoms with Gasteiger partial charge in [0.2, 0.25) is 0 Å². The standard InChI is InChI=1S/C12H12N2O4/c1-14-6-9(8-3-2-4-17-8)18-11-7(14)5-13-10(11)12(15)16/h2-5,9,13H,6H2,1H3,(H,15,16). The number of fused-ring (bicyclic) bond motifs is 1. The number of nitrogens with one attached hydrogen (secondary N) is 1. The Balaban J connectivity index is 1.99. The fraction of sp³-hybridized carbons (Fsp3) is 0.250. The second-order valence-corrected chi connectivity index (χ2v) is 4.19. The maximum Gasteiger partial charge on any atom is 0.356 e. The third-order valence-electron chi connectivity index (χ3n) is 3.00. The van der Waals surface area contributed by atoms with Crippen molar-refractivity contribution in [3.05, 3.63) is 36.0 Å². The first-order valence-corrected chi connectivity index (χ1v) is 5.52. The van der Waals surface area contributed by atoms with Crippen LogP contribution in [0.15, 0.2) is 29.0 Å². The lowest BCUT2D eigenvalue weighted by atomic mass is 10.2. The summed E-state index contributed by atoms with van der Waals surface area (Å²) in [5.74, 6) is 0.00688. The van der Waals surface area contributed by atoms with E-state index in [4.69, 9.17) is 14.3 Å². The van der Waals surface area contributed by atoms with Crippen LogP contribution in [0.3, 0.4) is 0 Å². The number of hydrogen-bond acceptors (Lipinski definition) is 4. The van der Waals surface area contributed by atoms with Crippen LogP contribution in [-0.2, 0) is 0 Å². The number of ether oxygens (including phenoxy) is 1. The molecule has 0 saturated heterocycles. The Bertz CT molecular complexity index is 573. The summed E-state index contributed by atoms with van der Waals surface area (Å²) in [6, 6.07) is 3.60. The molecule has 2 aromatic heterocycles. The molecule has 0 saturated carbocycles. The molecule has 18 heavy (non-hydrogen) atoms. The summed E-state index contributed by atoms with van der Waals surface area (Å²) in [7, 11) is 1.89. The number of H-pyrrole nitrogens is 1. The minimum absolute atomic E-state index is 0.0631. The maximum atomic E-state index is 11.1. The number of aromatic nitrogens is 1. The van der Waals surface area contributed by atoms with Crippen LogP contribution >= 0.6 is 0 Å². The van der Waals surface area contributed by atoms with Gasteiger partial charge in [0.1, 0.15) is 5.76 Å². The van der Waals surface area contributed by atoms with E-state index >= 15 is 0 Å². The fourth-order valence-corrected chi connectivity index (χ4v) is 2.11. The van der Waals surface area contributed by atoms with Crippen molar-refractivity contribution in [1.29, 1.82) is 0 Å². The Hall–Kier alpha value is -2.37. The molecule has 0 spiro atoms. The predicted molar refractivity (Wildman–Crippen MR) is 63.1 cm³/mol. The zero-order chi connectivity index (χ0) is 12.7. The van der Waals surface area contributed by atoms with Crippen molar-refractivity contribution in [3.8, 4) is 5.75 Å². The van der Waals surface area contributed by atoms with E-state index in [1.54, 1.807) is 18.5 Å². The molecular weight excluding hydrogens is 236 g/mol. The average Bonchev–Trinajstić information content (AvgIpc) is 2.97.